The lowest BCUT2D eigenvalue weighted by atomic mass is 10.3. The van der Waals surface area contributed by atoms with Crippen molar-refractivity contribution in [2.75, 3.05) is 24.4 Å². The number of nitrogens with zero attached hydrogens (tertiary/aromatic N) is 3. The molecule has 26 heavy (non-hydrogen) atoms. The number of ether oxygens (including phenoxy) is 1. The number of thiazole rings is 1. The first-order valence-corrected chi connectivity index (χ1v) is 9.00. The van der Waals surface area contributed by atoms with Gasteiger partial charge in [-0.3, -0.25) is 0 Å². The first-order chi connectivity index (χ1) is 12.6. The van der Waals surface area contributed by atoms with Gasteiger partial charge in [-0.15, -0.1) is 0 Å². The van der Waals surface area contributed by atoms with E-state index < -0.39 is 0 Å². The lowest BCUT2D eigenvalue weighted by Crippen LogP contribution is -2.18. The molecule has 7 nitrogen and oxygen atoms in total. The normalized spacial score (nSPS) is 11.8. The van der Waals surface area contributed by atoms with E-state index in [1.807, 2.05) is 44.2 Å². The maximum atomic E-state index is 9.18. The zero-order valence-electron chi connectivity index (χ0n) is 14.9. The van der Waals surface area contributed by atoms with Crippen molar-refractivity contribution in [1.29, 1.82) is 0 Å². The maximum absolute atomic E-state index is 9.18. The minimum atomic E-state index is -0.0518. The Morgan fingerprint density at radius 3 is 2.88 bits per heavy atom. The number of hydrogen-bond donors (Lipinski definition) is 3. The molecule has 0 aliphatic carbocycles. The molecule has 0 saturated carbocycles. The van der Waals surface area contributed by atoms with Crippen molar-refractivity contribution in [1.82, 2.24) is 15.0 Å². The van der Waals surface area contributed by atoms with Crippen LogP contribution in [0.5, 0.6) is 5.75 Å². The summed E-state index contributed by atoms with van der Waals surface area (Å²) in [5.74, 6) is 1.26. The van der Waals surface area contributed by atoms with E-state index in [0.717, 1.165) is 32.8 Å². The summed E-state index contributed by atoms with van der Waals surface area (Å²) in [6.45, 7) is 3.89. The zero-order valence-corrected chi connectivity index (χ0v) is 15.7. The quantitative estimate of drug-likeness (QED) is 0.586. The van der Waals surface area contributed by atoms with Crippen molar-refractivity contribution in [3.8, 4) is 16.3 Å². The largest absolute Gasteiger partial charge is 0.497 e. The van der Waals surface area contributed by atoms with Gasteiger partial charge < -0.3 is 20.5 Å². The SMILES string of the molecule is COc1cccc(Nc2nccc(-c3sc(NC(C)CO)nc3C)n2)c1. The Morgan fingerprint density at radius 2 is 2.12 bits per heavy atom. The van der Waals surface area contributed by atoms with Gasteiger partial charge in [0, 0.05) is 24.0 Å². The summed E-state index contributed by atoms with van der Waals surface area (Å²) in [6, 6.07) is 9.39. The van der Waals surface area contributed by atoms with Crippen molar-refractivity contribution >= 4 is 28.1 Å². The predicted molar refractivity (Wildman–Crippen MR) is 104 cm³/mol. The molecule has 1 atom stereocenters. The van der Waals surface area contributed by atoms with Crippen molar-refractivity contribution < 1.29 is 9.84 Å². The lowest BCUT2D eigenvalue weighted by molar-refractivity contribution is 0.281. The summed E-state index contributed by atoms with van der Waals surface area (Å²) in [5.41, 5.74) is 2.53. The first kappa shape index (κ1) is 18.1. The fraction of sp³-hybridized carbons (Fsp3) is 0.278. The number of hydrogen-bond acceptors (Lipinski definition) is 8. The Hall–Kier alpha value is -2.71. The molecule has 2 heterocycles. The molecule has 0 aliphatic heterocycles. The molecule has 3 rings (SSSR count). The van der Waals surface area contributed by atoms with E-state index in [-0.39, 0.29) is 12.6 Å². The molecule has 0 fully saturated rings. The average molecular weight is 371 g/mol. The average Bonchev–Trinajstić information content (AvgIpc) is 3.02. The second-order valence-electron chi connectivity index (χ2n) is 5.78. The summed E-state index contributed by atoms with van der Waals surface area (Å²) in [5, 5.41) is 16.3. The molecular weight excluding hydrogens is 350 g/mol. The van der Waals surface area contributed by atoms with Crippen LogP contribution in [-0.2, 0) is 0 Å². The van der Waals surface area contributed by atoms with Crippen LogP contribution in [-0.4, -0.2) is 39.8 Å². The molecule has 3 N–H and O–H groups in total. The monoisotopic (exact) mass is 371 g/mol. The van der Waals surface area contributed by atoms with E-state index in [2.05, 4.69) is 25.6 Å². The molecule has 136 valence electrons. The van der Waals surface area contributed by atoms with Gasteiger partial charge >= 0.3 is 0 Å². The third-order valence-electron chi connectivity index (χ3n) is 3.65. The van der Waals surface area contributed by atoms with Gasteiger partial charge in [0.1, 0.15) is 5.75 Å². The second-order valence-corrected chi connectivity index (χ2v) is 6.78. The summed E-state index contributed by atoms with van der Waals surface area (Å²) in [6.07, 6.45) is 1.72. The third-order valence-corrected chi connectivity index (χ3v) is 4.77. The summed E-state index contributed by atoms with van der Waals surface area (Å²) in [4.78, 5) is 14.4. The number of anilines is 3. The third kappa shape index (κ3) is 4.27. The van der Waals surface area contributed by atoms with Crippen LogP contribution in [0.25, 0.3) is 10.6 Å². The van der Waals surface area contributed by atoms with Crippen LogP contribution in [0.4, 0.5) is 16.8 Å². The molecule has 0 amide bonds. The van der Waals surface area contributed by atoms with Gasteiger partial charge in [0.25, 0.3) is 0 Å². The highest BCUT2D eigenvalue weighted by atomic mass is 32.1. The van der Waals surface area contributed by atoms with Gasteiger partial charge in [-0.1, -0.05) is 17.4 Å². The molecule has 0 bridgehead atoms. The summed E-state index contributed by atoms with van der Waals surface area (Å²) >= 11 is 1.51. The van der Waals surface area contributed by atoms with Gasteiger partial charge in [0.05, 0.1) is 30.0 Å². The number of aryl methyl sites for hydroxylation is 1. The fourth-order valence-corrected chi connectivity index (χ4v) is 3.38. The number of methoxy groups -OCH3 is 1. The van der Waals surface area contributed by atoms with Crippen molar-refractivity contribution in [3.05, 3.63) is 42.2 Å². The number of benzene rings is 1. The highest BCUT2D eigenvalue weighted by Crippen LogP contribution is 2.32. The molecule has 3 aromatic rings. The molecule has 0 saturated heterocycles. The molecule has 2 aromatic heterocycles. The lowest BCUT2D eigenvalue weighted by Gasteiger charge is -2.08. The van der Waals surface area contributed by atoms with Crippen molar-refractivity contribution in [2.24, 2.45) is 0 Å². The molecule has 1 aromatic carbocycles. The van der Waals surface area contributed by atoms with E-state index in [1.165, 1.54) is 11.3 Å². The van der Waals surface area contributed by atoms with Crippen LogP contribution in [0.3, 0.4) is 0 Å². The Bertz CT molecular complexity index is 884. The molecular formula is C18H21N5O2S. The van der Waals surface area contributed by atoms with Crippen LogP contribution >= 0.6 is 11.3 Å². The number of aliphatic hydroxyl groups is 1. The van der Waals surface area contributed by atoms with Gasteiger partial charge in [-0.25, -0.2) is 15.0 Å². The van der Waals surface area contributed by atoms with Gasteiger partial charge in [-0.05, 0) is 32.0 Å². The molecule has 1 unspecified atom stereocenters. The standard InChI is InChI=1S/C18H21N5O2S/c1-11(10-24)20-18-21-12(2)16(26-18)15-7-8-19-17(23-15)22-13-5-4-6-14(9-13)25-3/h4-9,11,24H,10H2,1-3H3,(H,20,21)(H,19,22,23). The molecule has 0 aliphatic rings. The topological polar surface area (TPSA) is 92.2 Å². The Kier molecular flexibility index (Phi) is 5.65. The zero-order chi connectivity index (χ0) is 18.5. The van der Waals surface area contributed by atoms with E-state index in [9.17, 15) is 5.11 Å². The number of nitrogens with one attached hydrogen (secondary N) is 2. The van der Waals surface area contributed by atoms with E-state index in [4.69, 9.17) is 4.74 Å². The van der Waals surface area contributed by atoms with Crippen molar-refractivity contribution in [3.63, 3.8) is 0 Å². The van der Waals surface area contributed by atoms with E-state index in [1.54, 1.807) is 13.3 Å². The van der Waals surface area contributed by atoms with Crippen LogP contribution in [0.1, 0.15) is 12.6 Å². The number of aromatic nitrogens is 3. The molecule has 8 heteroatoms. The van der Waals surface area contributed by atoms with E-state index >= 15 is 0 Å². The summed E-state index contributed by atoms with van der Waals surface area (Å²) < 4.78 is 5.23. The highest BCUT2D eigenvalue weighted by molar-refractivity contribution is 7.19. The molecule has 0 radical (unpaired) electrons. The van der Waals surface area contributed by atoms with E-state index in [0.29, 0.717) is 5.95 Å². The minimum absolute atomic E-state index is 0.0517. The first-order valence-electron chi connectivity index (χ1n) is 8.18. The smallest absolute Gasteiger partial charge is 0.227 e. The van der Waals surface area contributed by atoms with Gasteiger partial charge in [-0.2, -0.15) is 0 Å². The number of rotatable bonds is 7. The van der Waals surface area contributed by atoms with Crippen molar-refractivity contribution in [2.45, 2.75) is 19.9 Å². The minimum Gasteiger partial charge on any atom is -0.497 e. The van der Waals surface area contributed by atoms with Gasteiger partial charge in [0.15, 0.2) is 5.13 Å². The Morgan fingerprint density at radius 1 is 1.27 bits per heavy atom. The number of aliphatic hydroxyl groups excluding tert-OH is 1. The summed E-state index contributed by atoms with van der Waals surface area (Å²) in [7, 11) is 1.63. The highest BCUT2D eigenvalue weighted by Gasteiger charge is 2.13. The predicted octanol–water partition coefficient (Wildman–Crippen LogP) is 3.45. The Balaban J connectivity index is 1.83. The van der Waals surface area contributed by atoms with Gasteiger partial charge in [0.2, 0.25) is 5.95 Å². The van der Waals surface area contributed by atoms with Crippen LogP contribution in [0, 0.1) is 6.92 Å². The molecule has 0 spiro atoms. The second kappa shape index (κ2) is 8.11. The Labute approximate surface area is 156 Å². The van der Waals surface area contributed by atoms with Crippen LogP contribution in [0.2, 0.25) is 0 Å². The maximum Gasteiger partial charge on any atom is 0.227 e. The fourth-order valence-electron chi connectivity index (χ4n) is 2.33. The van der Waals surface area contributed by atoms with Crippen LogP contribution in [0.15, 0.2) is 36.5 Å². The van der Waals surface area contributed by atoms with Crippen LogP contribution < -0.4 is 15.4 Å².